The minimum atomic E-state index is -3.39. The third kappa shape index (κ3) is 5.31. The van der Waals surface area contributed by atoms with Gasteiger partial charge in [0.15, 0.2) is 0 Å². The van der Waals surface area contributed by atoms with Gasteiger partial charge in [0.2, 0.25) is 10.0 Å². The highest BCUT2D eigenvalue weighted by Crippen LogP contribution is 2.17. The number of carbonyl (C=O) groups excluding carboxylic acids is 1. The van der Waals surface area contributed by atoms with E-state index in [-0.39, 0.29) is 23.4 Å². The van der Waals surface area contributed by atoms with Crippen LogP contribution < -0.4 is 15.8 Å². The van der Waals surface area contributed by atoms with Gasteiger partial charge in [0.25, 0.3) is 5.91 Å². The molecule has 0 spiro atoms. The highest BCUT2D eigenvalue weighted by molar-refractivity contribution is 7.88. The zero-order valence-electron chi connectivity index (χ0n) is 12.5. The molecular weight excluding hydrogens is 297 g/mol. The van der Waals surface area contributed by atoms with E-state index in [1.165, 1.54) is 13.0 Å². The number of benzene rings is 1. The predicted octanol–water partition coefficient (Wildman–Crippen LogP) is 0.774. The zero-order valence-corrected chi connectivity index (χ0v) is 13.3. The van der Waals surface area contributed by atoms with Crippen LogP contribution in [0.15, 0.2) is 12.1 Å². The summed E-state index contributed by atoms with van der Waals surface area (Å²) in [6, 6.07) is 2.47. The molecular formula is C13H20FN3O3S. The lowest BCUT2D eigenvalue weighted by Gasteiger charge is -2.25. The number of sulfonamides is 1. The molecule has 0 fully saturated rings. The first-order valence-corrected chi connectivity index (χ1v) is 8.13. The number of hydrogen-bond donors (Lipinski definition) is 3. The van der Waals surface area contributed by atoms with Crippen molar-refractivity contribution >= 4 is 21.6 Å². The average molecular weight is 317 g/mol. The van der Waals surface area contributed by atoms with Gasteiger partial charge in [0, 0.05) is 28.9 Å². The third-order valence-corrected chi connectivity index (χ3v) is 3.72. The fraction of sp³-hybridized carbons (Fsp3) is 0.462. The van der Waals surface area contributed by atoms with E-state index in [9.17, 15) is 17.6 Å². The van der Waals surface area contributed by atoms with E-state index >= 15 is 0 Å². The van der Waals surface area contributed by atoms with Gasteiger partial charge in [-0.15, -0.1) is 0 Å². The van der Waals surface area contributed by atoms with E-state index in [2.05, 4.69) is 10.0 Å². The monoisotopic (exact) mass is 317 g/mol. The minimum absolute atomic E-state index is 0.0499. The van der Waals surface area contributed by atoms with Crippen molar-refractivity contribution in [3.8, 4) is 0 Å². The topological polar surface area (TPSA) is 101 Å². The molecule has 0 unspecified atom stereocenters. The first-order chi connectivity index (χ1) is 9.41. The van der Waals surface area contributed by atoms with Crippen LogP contribution in [0, 0.1) is 12.7 Å². The summed E-state index contributed by atoms with van der Waals surface area (Å²) in [5.41, 5.74) is 5.31. The molecule has 6 nitrogen and oxygen atoms in total. The van der Waals surface area contributed by atoms with Crippen LogP contribution in [0.1, 0.15) is 29.8 Å². The predicted molar refractivity (Wildman–Crippen MR) is 79.9 cm³/mol. The molecule has 8 heteroatoms. The number of carbonyl (C=O) groups is 1. The molecule has 0 aliphatic heterocycles. The number of nitrogens with one attached hydrogen (secondary N) is 2. The molecule has 0 heterocycles. The number of rotatable bonds is 5. The SMILES string of the molecule is Cc1c(N)cc(C(=O)NCC(C)(C)NS(C)(=O)=O)cc1F. The second-order valence-corrected chi connectivity index (χ2v) is 7.36. The van der Waals surface area contributed by atoms with Crippen molar-refractivity contribution in [3.05, 3.63) is 29.1 Å². The van der Waals surface area contributed by atoms with Crippen LogP contribution in [0.5, 0.6) is 0 Å². The Morgan fingerprint density at radius 1 is 1.38 bits per heavy atom. The molecule has 0 aliphatic carbocycles. The summed E-state index contributed by atoms with van der Waals surface area (Å²) in [6.45, 7) is 4.82. The lowest BCUT2D eigenvalue weighted by Crippen LogP contribution is -2.51. The summed E-state index contributed by atoms with van der Waals surface area (Å²) in [5, 5.41) is 2.55. The van der Waals surface area contributed by atoms with Gasteiger partial charge in [-0.3, -0.25) is 4.79 Å². The van der Waals surface area contributed by atoms with Crippen LogP contribution in [0.2, 0.25) is 0 Å². The first-order valence-electron chi connectivity index (χ1n) is 6.24. The summed E-state index contributed by atoms with van der Waals surface area (Å²) in [4.78, 5) is 12.0. The van der Waals surface area contributed by atoms with Crippen molar-refractivity contribution in [1.82, 2.24) is 10.0 Å². The van der Waals surface area contributed by atoms with Crippen molar-refractivity contribution in [2.24, 2.45) is 0 Å². The Balaban J connectivity index is 2.79. The molecule has 0 atom stereocenters. The van der Waals surface area contributed by atoms with E-state index < -0.39 is 27.3 Å². The molecule has 0 bridgehead atoms. The van der Waals surface area contributed by atoms with Gasteiger partial charge in [-0.2, -0.15) is 0 Å². The molecule has 0 aromatic heterocycles. The Morgan fingerprint density at radius 2 is 1.95 bits per heavy atom. The lowest BCUT2D eigenvalue weighted by molar-refractivity contribution is 0.0944. The molecule has 118 valence electrons. The Morgan fingerprint density at radius 3 is 2.43 bits per heavy atom. The zero-order chi connectivity index (χ0) is 16.4. The normalized spacial score (nSPS) is 12.2. The maximum absolute atomic E-state index is 13.5. The summed E-state index contributed by atoms with van der Waals surface area (Å²) in [7, 11) is -3.39. The number of hydrogen-bond acceptors (Lipinski definition) is 4. The van der Waals surface area contributed by atoms with E-state index in [4.69, 9.17) is 5.73 Å². The van der Waals surface area contributed by atoms with Crippen molar-refractivity contribution in [1.29, 1.82) is 0 Å². The third-order valence-electron chi connectivity index (χ3n) is 2.80. The van der Waals surface area contributed by atoms with Gasteiger partial charge in [-0.1, -0.05) is 0 Å². The molecule has 0 saturated heterocycles. The van der Waals surface area contributed by atoms with Gasteiger partial charge >= 0.3 is 0 Å². The van der Waals surface area contributed by atoms with Crippen LogP contribution in [-0.4, -0.2) is 32.7 Å². The second kappa shape index (κ2) is 5.98. The first kappa shape index (κ1) is 17.4. The smallest absolute Gasteiger partial charge is 0.251 e. The number of nitrogens with two attached hydrogens (primary N) is 1. The van der Waals surface area contributed by atoms with Crippen molar-refractivity contribution in [2.45, 2.75) is 26.3 Å². The summed E-state index contributed by atoms with van der Waals surface area (Å²) < 4.78 is 38.3. The molecule has 0 radical (unpaired) electrons. The molecule has 0 saturated carbocycles. The average Bonchev–Trinajstić information content (AvgIpc) is 2.29. The van der Waals surface area contributed by atoms with Crippen molar-refractivity contribution in [3.63, 3.8) is 0 Å². The summed E-state index contributed by atoms with van der Waals surface area (Å²) in [5.74, 6) is -1.09. The van der Waals surface area contributed by atoms with Crippen LogP contribution in [0.3, 0.4) is 0 Å². The van der Waals surface area contributed by atoms with Crippen molar-refractivity contribution < 1.29 is 17.6 Å². The van der Waals surface area contributed by atoms with E-state index in [1.54, 1.807) is 13.8 Å². The molecule has 1 rings (SSSR count). The molecule has 0 aliphatic rings. The number of amides is 1. The Kier molecular flexibility index (Phi) is 4.95. The summed E-state index contributed by atoms with van der Waals surface area (Å²) in [6.07, 6.45) is 1.03. The molecule has 1 aromatic rings. The van der Waals surface area contributed by atoms with Crippen LogP contribution in [-0.2, 0) is 10.0 Å². The van der Waals surface area contributed by atoms with Crippen molar-refractivity contribution in [2.75, 3.05) is 18.5 Å². The maximum atomic E-state index is 13.5. The lowest BCUT2D eigenvalue weighted by atomic mass is 10.1. The van der Waals surface area contributed by atoms with Gasteiger partial charge in [0.05, 0.1) is 6.26 Å². The molecule has 1 amide bonds. The van der Waals surface area contributed by atoms with E-state index in [0.717, 1.165) is 12.3 Å². The van der Waals surface area contributed by atoms with Crippen LogP contribution >= 0.6 is 0 Å². The van der Waals surface area contributed by atoms with Crippen LogP contribution in [0.4, 0.5) is 10.1 Å². The summed E-state index contributed by atoms with van der Waals surface area (Å²) >= 11 is 0. The fourth-order valence-corrected chi connectivity index (χ4v) is 2.85. The number of nitrogen functional groups attached to an aromatic ring is 1. The maximum Gasteiger partial charge on any atom is 0.251 e. The molecule has 1 aromatic carbocycles. The Labute approximate surface area is 124 Å². The van der Waals surface area contributed by atoms with Gasteiger partial charge in [-0.05, 0) is 32.9 Å². The second-order valence-electron chi connectivity index (χ2n) is 5.61. The highest BCUT2D eigenvalue weighted by Gasteiger charge is 2.23. The van der Waals surface area contributed by atoms with Gasteiger partial charge in [0.1, 0.15) is 5.82 Å². The van der Waals surface area contributed by atoms with E-state index in [0.29, 0.717) is 0 Å². The van der Waals surface area contributed by atoms with Gasteiger partial charge in [-0.25, -0.2) is 17.5 Å². The highest BCUT2D eigenvalue weighted by atomic mass is 32.2. The Hall–Kier alpha value is -1.67. The van der Waals surface area contributed by atoms with Crippen LogP contribution in [0.25, 0.3) is 0 Å². The fourth-order valence-electron chi connectivity index (χ4n) is 1.77. The molecule has 21 heavy (non-hydrogen) atoms. The van der Waals surface area contributed by atoms with E-state index in [1.807, 2.05) is 0 Å². The molecule has 4 N–H and O–H groups in total. The standard InChI is InChI=1S/C13H20FN3O3S/c1-8-10(14)5-9(6-11(8)15)12(18)16-7-13(2,3)17-21(4,19)20/h5-6,17H,7,15H2,1-4H3,(H,16,18). The Bertz CT molecular complexity index is 634. The quantitative estimate of drug-likeness (QED) is 0.698. The number of anilines is 1. The number of halogens is 1. The van der Waals surface area contributed by atoms with Gasteiger partial charge < -0.3 is 11.1 Å². The largest absolute Gasteiger partial charge is 0.398 e. The minimum Gasteiger partial charge on any atom is -0.398 e.